The second kappa shape index (κ2) is 9.49. The summed E-state index contributed by atoms with van der Waals surface area (Å²) >= 11 is 0. The van der Waals surface area contributed by atoms with Gasteiger partial charge in [0.1, 0.15) is 5.75 Å². The van der Waals surface area contributed by atoms with Crippen molar-refractivity contribution in [1.82, 2.24) is 4.31 Å². The van der Waals surface area contributed by atoms with E-state index >= 15 is 0 Å². The van der Waals surface area contributed by atoms with Gasteiger partial charge in [-0.3, -0.25) is 4.79 Å². The normalized spacial score (nSPS) is 17.1. The van der Waals surface area contributed by atoms with Crippen LogP contribution in [-0.2, 0) is 19.6 Å². The Morgan fingerprint density at radius 1 is 1.10 bits per heavy atom. The molecule has 0 saturated carbocycles. The highest BCUT2D eigenvalue weighted by Crippen LogP contribution is 2.27. The first-order valence-corrected chi connectivity index (χ1v) is 11.3. The average molecular weight is 447 g/mol. The largest absolute Gasteiger partial charge is 0.496 e. The third-order valence-corrected chi connectivity index (χ3v) is 7.19. The predicted molar refractivity (Wildman–Crippen MR) is 116 cm³/mol. The Bertz CT molecular complexity index is 1070. The number of carbonyl (C=O) groups is 2. The van der Waals surface area contributed by atoms with Gasteiger partial charge in [0, 0.05) is 18.8 Å². The molecule has 9 heteroatoms. The summed E-state index contributed by atoms with van der Waals surface area (Å²) in [6, 6.07) is 11.1. The van der Waals surface area contributed by atoms with Crippen molar-refractivity contribution in [2.24, 2.45) is 5.92 Å². The Hall–Kier alpha value is -2.91. The van der Waals surface area contributed by atoms with E-state index < -0.39 is 21.9 Å². The number of methoxy groups -OCH3 is 2. The van der Waals surface area contributed by atoms with E-state index in [2.05, 4.69) is 10.1 Å². The zero-order valence-corrected chi connectivity index (χ0v) is 18.6. The lowest BCUT2D eigenvalue weighted by molar-refractivity contribution is -0.120. The van der Waals surface area contributed by atoms with Gasteiger partial charge >= 0.3 is 5.97 Å². The minimum absolute atomic E-state index is 0.111. The maximum atomic E-state index is 13.1. The van der Waals surface area contributed by atoms with Gasteiger partial charge < -0.3 is 14.8 Å². The molecule has 0 unspecified atom stereocenters. The molecular formula is C22H26N2O6S. The summed E-state index contributed by atoms with van der Waals surface area (Å²) in [4.78, 5) is 24.5. The van der Waals surface area contributed by atoms with Crippen molar-refractivity contribution in [2.75, 3.05) is 32.6 Å². The Kier molecular flexibility index (Phi) is 6.97. The molecule has 8 nitrogen and oxygen atoms in total. The van der Waals surface area contributed by atoms with Crippen LogP contribution >= 0.6 is 0 Å². The summed E-state index contributed by atoms with van der Waals surface area (Å²) in [7, 11) is -0.886. The number of esters is 1. The zero-order valence-electron chi connectivity index (χ0n) is 17.8. The molecule has 1 fully saturated rings. The van der Waals surface area contributed by atoms with Crippen molar-refractivity contribution in [3.8, 4) is 5.75 Å². The van der Waals surface area contributed by atoms with E-state index in [1.807, 2.05) is 0 Å². The van der Waals surface area contributed by atoms with Crippen LogP contribution in [0.4, 0.5) is 5.69 Å². The average Bonchev–Trinajstić information content (AvgIpc) is 2.79. The molecule has 3 rings (SSSR count). The van der Waals surface area contributed by atoms with Crippen molar-refractivity contribution in [2.45, 2.75) is 24.7 Å². The highest BCUT2D eigenvalue weighted by molar-refractivity contribution is 7.89. The summed E-state index contributed by atoms with van der Waals surface area (Å²) in [5, 5.41) is 2.80. The summed E-state index contributed by atoms with van der Waals surface area (Å²) in [6.45, 7) is 2.26. The molecule has 1 aliphatic rings. The molecule has 1 saturated heterocycles. The van der Waals surface area contributed by atoms with E-state index in [0.717, 1.165) is 5.56 Å². The Labute approximate surface area is 182 Å². The molecule has 1 aliphatic heterocycles. The minimum Gasteiger partial charge on any atom is -0.496 e. The molecular weight excluding hydrogens is 420 g/mol. The van der Waals surface area contributed by atoms with Crippen LogP contribution in [0.3, 0.4) is 0 Å². The lowest BCUT2D eigenvalue weighted by Crippen LogP contribution is -2.43. The molecule has 0 bridgehead atoms. The Morgan fingerprint density at radius 3 is 2.42 bits per heavy atom. The van der Waals surface area contributed by atoms with E-state index in [4.69, 9.17) is 4.74 Å². The van der Waals surface area contributed by atoms with Crippen molar-refractivity contribution in [3.05, 3.63) is 53.6 Å². The molecule has 166 valence electrons. The molecule has 0 radical (unpaired) electrons. The zero-order chi connectivity index (χ0) is 22.6. The van der Waals surface area contributed by atoms with E-state index in [-0.39, 0.29) is 17.3 Å². The van der Waals surface area contributed by atoms with E-state index in [9.17, 15) is 18.0 Å². The van der Waals surface area contributed by atoms with Crippen LogP contribution < -0.4 is 10.1 Å². The van der Waals surface area contributed by atoms with Gasteiger partial charge in [0.15, 0.2) is 0 Å². The monoisotopic (exact) mass is 446 g/mol. The molecule has 31 heavy (non-hydrogen) atoms. The molecule has 1 amide bonds. The predicted octanol–water partition coefficient (Wildman–Crippen LogP) is 2.83. The number of sulfonamides is 1. The fourth-order valence-corrected chi connectivity index (χ4v) is 5.20. The number of ether oxygens (including phenoxy) is 2. The number of hydrogen-bond acceptors (Lipinski definition) is 6. The maximum Gasteiger partial charge on any atom is 0.337 e. The van der Waals surface area contributed by atoms with Crippen LogP contribution in [0.1, 0.15) is 28.8 Å². The highest BCUT2D eigenvalue weighted by Gasteiger charge is 2.33. The van der Waals surface area contributed by atoms with Crippen LogP contribution in [-0.4, -0.2) is 51.9 Å². The standard InChI is InChI=1S/C22H26N2O6S/c1-15-13-19(10-11-20(15)29-2)31(27,28)24-12-4-5-17(14-24)21(25)23-18-8-6-16(7-9-18)22(26)30-3/h6-11,13,17H,4-5,12,14H2,1-3H3,(H,23,25)/t17-/m1/s1. The van der Waals surface area contributed by atoms with Gasteiger partial charge in [-0.15, -0.1) is 0 Å². The third kappa shape index (κ3) is 5.05. The molecule has 2 aromatic carbocycles. The number of aryl methyl sites for hydroxylation is 1. The third-order valence-electron chi connectivity index (χ3n) is 5.33. The Balaban J connectivity index is 1.70. The number of benzene rings is 2. The van der Waals surface area contributed by atoms with Gasteiger partial charge in [0.25, 0.3) is 0 Å². The molecule has 1 N–H and O–H groups in total. The number of rotatable bonds is 6. The van der Waals surface area contributed by atoms with E-state index in [0.29, 0.717) is 36.4 Å². The van der Waals surface area contributed by atoms with Crippen LogP contribution in [0.15, 0.2) is 47.4 Å². The minimum atomic E-state index is -3.72. The van der Waals surface area contributed by atoms with Crippen LogP contribution in [0.25, 0.3) is 0 Å². The molecule has 0 spiro atoms. The van der Waals surface area contributed by atoms with Gasteiger partial charge in [-0.05, 0) is 67.8 Å². The fourth-order valence-electron chi connectivity index (χ4n) is 3.59. The van der Waals surface area contributed by atoms with Gasteiger partial charge in [0.2, 0.25) is 15.9 Å². The van der Waals surface area contributed by atoms with Gasteiger partial charge in [-0.1, -0.05) is 0 Å². The lowest BCUT2D eigenvalue weighted by atomic mass is 9.98. The van der Waals surface area contributed by atoms with Crippen LogP contribution in [0.5, 0.6) is 5.75 Å². The van der Waals surface area contributed by atoms with E-state index in [1.54, 1.807) is 43.3 Å². The molecule has 2 aromatic rings. The molecule has 0 aromatic heterocycles. The summed E-state index contributed by atoms with van der Waals surface area (Å²) < 4.78 is 37.4. The first-order chi connectivity index (χ1) is 14.8. The number of hydrogen-bond donors (Lipinski definition) is 1. The molecule has 1 atom stereocenters. The first-order valence-electron chi connectivity index (χ1n) is 9.90. The van der Waals surface area contributed by atoms with Crippen LogP contribution in [0, 0.1) is 12.8 Å². The second-order valence-electron chi connectivity index (χ2n) is 7.39. The summed E-state index contributed by atoms with van der Waals surface area (Å²) in [5.74, 6) is -0.562. The van der Waals surface area contributed by atoms with Gasteiger partial charge in [0.05, 0.1) is 30.6 Å². The number of nitrogens with one attached hydrogen (secondary N) is 1. The number of amides is 1. The van der Waals surface area contributed by atoms with Gasteiger partial charge in [-0.25, -0.2) is 13.2 Å². The first kappa shape index (κ1) is 22.8. The number of piperidine rings is 1. The van der Waals surface area contributed by atoms with Crippen LogP contribution in [0.2, 0.25) is 0 Å². The smallest absolute Gasteiger partial charge is 0.337 e. The summed E-state index contributed by atoms with van der Waals surface area (Å²) in [6.07, 6.45) is 1.19. The van der Waals surface area contributed by atoms with Crippen molar-refractivity contribution in [3.63, 3.8) is 0 Å². The van der Waals surface area contributed by atoms with E-state index in [1.165, 1.54) is 24.6 Å². The molecule has 1 heterocycles. The fraction of sp³-hybridized carbons (Fsp3) is 0.364. The molecule has 0 aliphatic carbocycles. The maximum absolute atomic E-state index is 13.1. The highest BCUT2D eigenvalue weighted by atomic mass is 32.2. The second-order valence-corrected chi connectivity index (χ2v) is 9.33. The number of nitrogens with zero attached hydrogens (tertiary/aromatic N) is 1. The topological polar surface area (TPSA) is 102 Å². The van der Waals surface area contributed by atoms with Crippen molar-refractivity contribution < 1.29 is 27.5 Å². The number of carbonyl (C=O) groups excluding carboxylic acids is 2. The van der Waals surface area contributed by atoms with Gasteiger partial charge in [-0.2, -0.15) is 4.31 Å². The summed E-state index contributed by atoms with van der Waals surface area (Å²) in [5.41, 5.74) is 1.64. The SMILES string of the molecule is COC(=O)c1ccc(NC(=O)[C@@H]2CCCN(S(=O)(=O)c3ccc(OC)c(C)c3)C2)cc1. The van der Waals surface area contributed by atoms with Crippen molar-refractivity contribution >= 4 is 27.6 Å². The van der Waals surface area contributed by atoms with Crippen molar-refractivity contribution in [1.29, 1.82) is 0 Å². The quantitative estimate of drug-likeness (QED) is 0.685. The lowest BCUT2D eigenvalue weighted by Gasteiger charge is -2.31. The Morgan fingerprint density at radius 2 is 1.81 bits per heavy atom. The number of anilines is 1.